The minimum atomic E-state index is -0.0673. The zero-order valence-electron chi connectivity index (χ0n) is 16.0. The van der Waals surface area contributed by atoms with Crippen LogP contribution in [0.5, 0.6) is 11.5 Å². The Hall–Kier alpha value is -2.21. The predicted octanol–water partition coefficient (Wildman–Crippen LogP) is 5.94. The van der Waals surface area contributed by atoms with Crippen LogP contribution in [-0.4, -0.2) is 10.2 Å². The average molecular weight is 341 g/mol. The van der Waals surface area contributed by atoms with Crippen LogP contribution in [0.4, 0.5) is 0 Å². The van der Waals surface area contributed by atoms with Crippen LogP contribution in [0.25, 0.3) is 0 Å². The van der Waals surface area contributed by atoms with Crippen LogP contribution in [0.1, 0.15) is 76.5 Å². The lowest BCUT2D eigenvalue weighted by atomic mass is 9.95. The van der Waals surface area contributed by atoms with Crippen molar-refractivity contribution in [2.75, 3.05) is 0 Å². The van der Waals surface area contributed by atoms with Gasteiger partial charge >= 0.3 is 0 Å². The van der Waals surface area contributed by atoms with Gasteiger partial charge in [-0.05, 0) is 64.5 Å². The molecule has 0 aliphatic heterocycles. The molecule has 0 saturated heterocycles. The number of aromatic hydroxyl groups is 2. The molecule has 136 valence electrons. The van der Waals surface area contributed by atoms with E-state index in [1.54, 1.807) is 6.07 Å². The minimum absolute atomic E-state index is 0.0673. The Kier molecular flexibility index (Phi) is 8.84. The van der Waals surface area contributed by atoms with Crippen LogP contribution < -0.4 is 0 Å². The summed E-state index contributed by atoms with van der Waals surface area (Å²) in [6.45, 7) is 8.34. The van der Waals surface area contributed by atoms with Gasteiger partial charge in [-0.1, -0.05) is 43.1 Å². The molecular formula is C22H31NO2. The third-order valence-corrected chi connectivity index (χ3v) is 4.37. The van der Waals surface area contributed by atoms with Crippen molar-refractivity contribution in [2.45, 2.75) is 72.6 Å². The highest BCUT2D eigenvalue weighted by molar-refractivity contribution is 5.58. The van der Waals surface area contributed by atoms with Crippen molar-refractivity contribution in [1.29, 1.82) is 5.26 Å². The van der Waals surface area contributed by atoms with E-state index >= 15 is 0 Å². The number of rotatable bonds is 9. The maximum Gasteiger partial charge on any atom is 0.140 e. The van der Waals surface area contributed by atoms with Crippen molar-refractivity contribution in [3.8, 4) is 17.6 Å². The zero-order chi connectivity index (χ0) is 18.8. The standard InChI is InChI=1S/C22H31NO2/c1-5-6-7-11-18-14-21(24)19(22(25)20(18)15-23)13-12-17(4)10-8-9-16(2)3/h9,12,14,24-25H,5-8,10-11,13H2,1-4H3/b17-12+. The minimum Gasteiger partial charge on any atom is -0.508 e. The monoisotopic (exact) mass is 341 g/mol. The Morgan fingerprint density at radius 2 is 1.88 bits per heavy atom. The molecule has 0 bridgehead atoms. The summed E-state index contributed by atoms with van der Waals surface area (Å²) < 4.78 is 0. The summed E-state index contributed by atoms with van der Waals surface area (Å²) in [4.78, 5) is 0. The fraction of sp³-hybridized carbons (Fsp3) is 0.500. The number of allylic oxidation sites excluding steroid dienone is 4. The molecule has 0 saturated carbocycles. The molecule has 0 radical (unpaired) electrons. The smallest absolute Gasteiger partial charge is 0.140 e. The number of benzene rings is 1. The molecule has 0 amide bonds. The number of hydrogen-bond donors (Lipinski definition) is 2. The molecule has 1 aromatic rings. The third-order valence-electron chi connectivity index (χ3n) is 4.37. The Labute approximate surface area is 152 Å². The van der Waals surface area contributed by atoms with Gasteiger partial charge in [0, 0.05) is 5.56 Å². The molecule has 0 aromatic heterocycles. The van der Waals surface area contributed by atoms with Gasteiger partial charge in [0.25, 0.3) is 0 Å². The lowest BCUT2D eigenvalue weighted by Gasteiger charge is -2.12. The fourth-order valence-corrected chi connectivity index (χ4v) is 2.80. The molecule has 0 aliphatic carbocycles. The first-order valence-corrected chi connectivity index (χ1v) is 9.16. The number of nitriles is 1. The maximum absolute atomic E-state index is 10.4. The first-order valence-electron chi connectivity index (χ1n) is 9.16. The zero-order valence-corrected chi connectivity index (χ0v) is 16.0. The largest absolute Gasteiger partial charge is 0.508 e. The molecule has 0 atom stereocenters. The average Bonchev–Trinajstić information content (AvgIpc) is 2.54. The Morgan fingerprint density at radius 1 is 1.16 bits per heavy atom. The molecule has 0 spiro atoms. The Morgan fingerprint density at radius 3 is 2.48 bits per heavy atom. The second kappa shape index (κ2) is 10.6. The summed E-state index contributed by atoms with van der Waals surface area (Å²) in [5.74, 6) is 0.0127. The number of nitrogens with zero attached hydrogens (tertiary/aromatic N) is 1. The molecule has 1 rings (SSSR count). The van der Waals surface area contributed by atoms with Crippen LogP contribution in [0.3, 0.4) is 0 Å². The van der Waals surface area contributed by atoms with Crippen LogP contribution in [0.15, 0.2) is 29.4 Å². The number of phenols is 2. The molecule has 25 heavy (non-hydrogen) atoms. The fourth-order valence-electron chi connectivity index (χ4n) is 2.80. The number of phenolic OH excluding ortho intramolecular Hbond substituents is 2. The summed E-state index contributed by atoms with van der Waals surface area (Å²) in [6, 6.07) is 3.75. The predicted molar refractivity (Wildman–Crippen MR) is 104 cm³/mol. The molecular weight excluding hydrogens is 310 g/mol. The second-order valence-corrected chi connectivity index (χ2v) is 6.90. The number of aryl methyl sites for hydroxylation is 1. The van der Waals surface area contributed by atoms with Crippen LogP contribution in [0.2, 0.25) is 0 Å². The van der Waals surface area contributed by atoms with Crippen LogP contribution in [-0.2, 0) is 12.8 Å². The number of hydrogen-bond acceptors (Lipinski definition) is 3. The molecule has 0 fully saturated rings. The van der Waals surface area contributed by atoms with Crippen LogP contribution in [0, 0.1) is 11.3 Å². The normalized spacial score (nSPS) is 11.2. The lowest BCUT2D eigenvalue weighted by molar-refractivity contribution is 0.438. The highest BCUT2D eigenvalue weighted by Crippen LogP contribution is 2.35. The molecule has 0 heterocycles. The van der Waals surface area contributed by atoms with E-state index in [0.717, 1.165) is 37.7 Å². The summed E-state index contributed by atoms with van der Waals surface area (Å²) in [5, 5.41) is 30.2. The molecule has 0 unspecified atom stereocenters. The van der Waals surface area contributed by atoms with Gasteiger partial charge in [0.1, 0.15) is 17.6 Å². The van der Waals surface area contributed by atoms with Crippen LogP contribution >= 0.6 is 0 Å². The Bertz CT molecular complexity index is 674. The van der Waals surface area contributed by atoms with Gasteiger partial charge in [-0.2, -0.15) is 5.26 Å². The lowest BCUT2D eigenvalue weighted by Crippen LogP contribution is -1.96. The number of unbranched alkanes of at least 4 members (excludes halogenated alkanes) is 2. The Balaban J connectivity index is 2.93. The van der Waals surface area contributed by atoms with E-state index in [-0.39, 0.29) is 11.5 Å². The highest BCUT2D eigenvalue weighted by Gasteiger charge is 2.16. The first kappa shape index (κ1) is 20.8. The quantitative estimate of drug-likeness (QED) is 0.431. The van der Waals surface area contributed by atoms with Gasteiger partial charge in [-0.3, -0.25) is 0 Å². The van der Waals surface area contributed by atoms with Gasteiger partial charge in [0.05, 0.1) is 5.56 Å². The summed E-state index contributed by atoms with van der Waals surface area (Å²) in [7, 11) is 0. The first-order chi connectivity index (χ1) is 11.9. The van der Waals surface area contributed by atoms with Gasteiger partial charge in [0.15, 0.2) is 0 Å². The van der Waals surface area contributed by atoms with Crippen molar-refractivity contribution in [3.05, 3.63) is 46.1 Å². The van der Waals surface area contributed by atoms with Crippen molar-refractivity contribution in [2.24, 2.45) is 0 Å². The summed E-state index contributed by atoms with van der Waals surface area (Å²) in [5.41, 5.74) is 4.00. The van der Waals surface area contributed by atoms with Gasteiger partial charge in [-0.25, -0.2) is 0 Å². The van der Waals surface area contributed by atoms with E-state index in [0.29, 0.717) is 24.0 Å². The van der Waals surface area contributed by atoms with Gasteiger partial charge in [-0.15, -0.1) is 0 Å². The van der Waals surface area contributed by atoms with Crippen molar-refractivity contribution < 1.29 is 10.2 Å². The van der Waals surface area contributed by atoms with E-state index in [1.807, 2.05) is 6.08 Å². The SMILES string of the molecule is CCCCCc1cc(O)c(C/C=C(\C)CCC=C(C)C)c(O)c1C#N. The summed E-state index contributed by atoms with van der Waals surface area (Å²) >= 11 is 0. The highest BCUT2D eigenvalue weighted by atomic mass is 16.3. The van der Waals surface area contributed by atoms with E-state index in [2.05, 4.69) is 39.8 Å². The molecule has 0 aliphatic rings. The van der Waals surface area contributed by atoms with E-state index in [1.165, 1.54) is 11.1 Å². The van der Waals surface area contributed by atoms with Gasteiger partial charge < -0.3 is 10.2 Å². The third kappa shape index (κ3) is 6.66. The van der Waals surface area contributed by atoms with Gasteiger partial charge in [0.2, 0.25) is 0 Å². The summed E-state index contributed by atoms with van der Waals surface area (Å²) in [6.07, 6.45) is 10.4. The second-order valence-electron chi connectivity index (χ2n) is 6.90. The molecule has 3 heteroatoms. The molecule has 1 aromatic carbocycles. The van der Waals surface area contributed by atoms with E-state index < -0.39 is 0 Å². The van der Waals surface area contributed by atoms with E-state index in [9.17, 15) is 15.5 Å². The van der Waals surface area contributed by atoms with Crippen molar-refractivity contribution in [1.82, 2.24) is 0 Å². The van der Waals surface area contributed by atoms with E-state index in [4.69, 9.17) is 0 Å². The van der Waals surface area contributed by atoms with Crippen molar-refractivity contribution >= 4 is 0 Å². The molecule has 3 nitrogen and oxygen atoms in total. The maximum atomic E-state index is 10.4. The topological polar surface area (TPSA) is 64.2 Å². The van der Waals surface area contributed by atoms with Crippen molar-refractivity contribution in [3.63, 3.8) is 0 Å². The molecule has 2 N–H and O–H groups in total.